The number of hydrogen-bond acceptors (Lipinski definition) is 6. The summed E-state index contributed by atoms with van der Waals surface area (Å²) in [6, 6.07) is 4.67. The Balaban J connectivity index is 1.72. The number of fused-ring (bicyclic) bond motifs is 1. The van der Waals surface area contributed by atoms with Gasteiger partial charge in [-0.1, -0.05) is 6.07 Å². The van der Waals surface area contributed by atoms with Crippen molar-refractivity contribution in [2.24, 2.45) is 0 Å². The van der Waals surface area contributed by atoms with E-state index >= 15 is 0 Å². The molecule has 3 unspecified atom stereocenters. The highest BCUT2D eigenvalue weighted by molar-refractivity contribution is 6.06. The van der Waals surface area contributed by atoms with Gasteiger partial charge in [0.1, 0.15) is 18.5 Å². The molecule has 3 rings (SSSR count). The molecule has 1 fully saturated rings. The number of anilines is 1. The van der Waals surface area contributed by atoms with E-state index in [1.54, 1.807) is 26.0 Å². The zero-order valence-corrected chi connectivity index (χ0v) is 16.1. The summed E-state index contributed by atoms with van der Waals surface area (Å²) in [5.74, 6) is -1.17. The van der Waals surface area contributed by atoms with E-state index in [-0.39, 0.29) is 30.7 Å². The number of imide groups is 1. The molecule has 2 aliphatic heterocycles. The molecule has 28 heavy (non-hydrogen) atoms. The molecule has 0 radical (unpaired) electrons. The number of carbonyl (C=O) groups is 4. The average molecular weight is 388 g/mol. The zero-order valence-electron chi connectivity index (χ0n) is 16.1. The molecule has 3 atom stereocenters. The van der Waals surface area contributed by atoms with Crippen LogP contribution in [0.4, 0.5) is 5.69 Å². The van der Waals surface area contributed by atoms with E-state index in [1.165, 1.54) is 11.8 Å². The van der Waals surface area contributed by atoms with Gasteiger partial charge in [-0.2, -0.15) is 0 Å². The van der Waals surface area contributed by atoms with Crippen molar-refractivity contribution in [2.75, 3.05) is 5.32 Å². The minimum atomic E-state index is -0.654. The Morgan fingerprint density at radius 3 is 2.68 bits per heavy atom. The summed E-state index contributed by atoms with van der Waals surface area (Å²) in [7, 11) is 0. The van der Waals surface area contributed by atoms with Gasteiger partial charge in [0.15, 0.2) is 0 Å². The Morgan fingerprint density at radius 1 is 1.25 bits per heavy atom. The molecule has 1 aromatic carbocycles. The van der Waals surface area contributed by atoms with Crippen LogP contribution in [0.15, 0.2) is 18.2 Å². The topological polar surface area (TPSA) is 117 Å². The summed E-state index contributed by atoms with van der Waals surface area (Å²) in [5, 5.41) is 8.14. The van der Waals surface area contributed by atoms with Gasteiger partial charge in [0.25, 0.3) is 5.91 Å². The fourth-order valence-corrected chi connectivity index (χ4v) is 3.60. The molecule has 2 aliphatic rings. The monoisotopic (exact) mass is 388 g/mol. The number of rotatable bonds is 6. The number of nitrogens with zero attached hydrogens (tertiary/aromatic N) is 1. The third-order valence-electron chi connectivity index (χ3n) is 4.76. The number of nitrogens with one attached hydrogen (secondary N) is 3. The van der Waals surface area contributed by atoms with E-state index in [2.05, 4.69) is 16.0 Å². The lowest BCUT2D eigenvalue weighted by Gasteiger charge is -2.29. The van der Waals surface area contributed by atoms with E-state index in [4.69, 9.17) is 4.74 Å². The zero-order chi connectivity index (χ0) is 20.4. The van der Waals surface area contributed by atoms with Crippen LogP contribution in [-0.4, -0.2) is 47.0 Å². The van der Waals surface area contributed by atoms with Crippen molar-refractivity contribution >= 4 is 29.3 Å². The largest absolute Gasteiger partial charge is 0.360 e. The smallest absolute Gasteiger partial charge is 0.255 e. The first-order chi connectivity index (χ1) is 13.3. The van der Waals surface area contributed by atoms with E-state index in [0.717, 1.165) is 11.3 Å². The molecule has 0 saturated carbocycles. The summed E-state index contributed by atoms with van der Waals surface area (Å²) >= 11 is 0. The van der Waals surface area contributed by atoms with Crippen molar-refractivity contribution in [3.63, 3.8) is 0 Å². The van der Waals surface area contributed by atoms with Crippen LogP contribution in [0.5, 0.6) is 0 Å². The first kappa shape index (κ1) is 19.8. The quantitative estimate of drug-likeness (QED) is 0.488. The first-order valence-corrected chi connectivity index (χ1v) is 9.22. The minimum absolute atomic E-state index is 0.189. The molecule has 1 aromatic rings. The van der Waals surface area contributed by atoms with Crippen molar-refractivity contribution in [1.29, 1.82) is 0 Å². The Labute approximate surface area is 162 Å². The molecule has 0 bridgehead atoms. The van der Waals surface area contributed by atoms with E-state index in [9.17, 15) is 19.2 Å². The summed E-state index contributed by atoms with van der Waals surface area (Å²) in [5.41, 5.74) is 2.03. The van der Waals surface area contributed by atoms with E-state index < -0.39 is 24.4 Å². The maximum Gasteiger partial charge on any atom is 0.255 e. The molecule has 0 aliphatic carbocycles. The highest BCUT2D eigenvalue weighted by Gasteiger charge is 2.39. The van der Waals surface area contributed by atoms with Gasteiger partial charge < -0.3 is 20.3 Å². The summed E-state index contributed by atoms with van der Waals surface area (Å²) in [6.45, 7) is 5.21. The second-order valence-electron chi connectivity index (χ2n) is 7.00. The molecule has 0 spiro atoms. The van der Waals surface area contributed by atoms with Gasteiger partial charge in [-0.05, 0) is 32.4 Å². The average Bonchev–Trinajstić information content (AvgIpc) is 2.92. The maximum absolute atomic E-state index is 12.8. The summed E-state index contributed by atoms with van der Waals surface area (Å²) in [4.78, 5) is 49.0. The SMILES string of the molecule is CC(=O)NC(C)OC(C)Nc1cccc2c1CN(C1CCC(=O)NC1=O)C2=O. The van der Waals surface area contributed by atoms with Crippen LogP contribution in [0.25, 0.3) is 0 Å². The number of carbonyl (C=O) groups excluding carboxylic acids is 4. The number of piperidine rings is 1. The maximum atomic E-state index is 12.8. The van der Waals surface area contributed by atoms with E-state index in [1.807, 2.05) is 6.07 Å². The standard InChI is InChI=1S/C19H24N4O5/c1-10(24)20-11(2)28-12(3)21-15-6-4-5-13-14(15)9-23(19(13)27)16-7-8-17(25)22-18(16)26/h4-6,11-12,16,21H,7-9H2,1-3H3,(H,20,24)(H,22,25,26). The van der Waals surface area contributed by atoms with Gasteiger partial charge in [0, 0.05) is 36.7 Å². The molecule has 150 valence electrons. The van der Waals surface area contributed by atoms with Gasteiger partial charge in [-0.15, -0.1) is 0 Å². The van der Waals surface area contributed by atoms with E-state index in [0.29, 0.717) is 12.0 Å². The van der Waals surface area contributed by atoms with Crippen LogP contribution in [0.2, 0.25) is 0 Å². The Morgan fingerprint density at radius 2 is 2.00 bits per heavy atom. The highest BCUT2D eigenvalue weighted by Crippen LogP contribution is 2.32. The molecule has 9 nitrogen and oxygen atoms in total. The predicted octanol–water partition coefficient (Wildman–Crippen LogP) is 0.704. The van der Waals surface area contributed by atoms with Crippen LogP contribution < -0.4 is 16.0 Å². The lowest BCUT2D eigenvalue weighted by Crippen LogP contribution is -2.52. The minimum Gasteiger partial charge on any atom is -0.360 e. The highest BCUT2D eigenvalue weighted by atomic mass is 16.5. The number of amides is 4. The summed E-state index contributed by atoms with van der Waals surface area (Å²) in [6.07, 6.45) is -0.361. The number of benzene rings is 1. The Bertz CT molecular complexity index is 825. The summed E-state index contributed by atoms with van der Waals surface area (Å²) < 4.78 is 5.68. The lowest BCUT2D eigenvalue weighted by molar-refractivity contribution is -0.137. The van der Waals surface area contributed by atoms with Crippen LogP contribution >= 0.6 is 0 Å². The van der Waals surface area contributed by atoms with Gasteiger partial charge in [-0.3, -0.25) is 24.5 Å². The first-order valence-electron chi connectivity index (χ1n) is 9.22. The molecule has 9 heteroatoms. The molecule has 2 heterocycles. The second kappa shape index (κ2) is 7.97. The van der Waals surface area contributed by atoms with Crippen molar-refractivity contribution in [2.45, 2.75) is 58.7 Å². The lowest BCUT2D eigenvalue weighted by atomic mass is 10.0. The van der Waals surface area contributed by atoms with Crippen molar-refractivity contribution in [3.8, 4) is 0 Å². The van der Waals surface area contributed by atoms with Crippen molar-refractivity contribution < 1.29 is 23.9 Å². The molecule has 0 aromatic heterocycles. The van der Waals surface area contributed by atoms with Crippen LogP contribution in [0.1, 0.15) is 49.5 Å². The fourth-order valence-electron chi connectivity index (χ4n) is 3.60. The molecular formula is C19H24N4O5. The number of ether oxygens (including phenoxy) is 1. The van der Waals surface area contributed by atoms with Gasteiger partial charge in [0.05, 0.1) is 0 Å². The van der Waals surface area contributed by atoms with Gasteiger partial charge in [0.2, 0.25) is 17.7 Å². The van der Waals surface area contributed by atoms with Crippen LogP contribution in [0, 0.1) is 0 Å². The second-order valence-corrected chi connectivity index (χ2v) is 7.00. The van der Waals surface area contributed by atoms with Crippen LogP contribution in [-0.2, 0) is 25.7 Å². The van der Waals surface area contributed by atoms with Crippen LogP contribution in [0.3, 0.4) is 0 Å². The van der Waals surface area contributed by atoms with Crippen molar-refractivity contribution in [1.82, 2.24) is 15.5 Å². The normalized spacial score (nSPS) is 21.0. The van der Waals surface area contributed by atoms with Gasteiger partial charge >= 0.3 is 0 Å². The van der Waals surface area contributed by atoms with Crippen molar-refractivity contribution in [3.05, 3.63) is 29.3 Å². The molecule has 4 amide bonds. The Hall–Kier alpha value is -2.94. The number of hydrogen-bond donors (Lipinski definition) is 3. The Kier molecular flexibility index (Phi) is 5.64. The molecule has 3 N–H and O–H groups in total. The fraction of sp³-hybridized carbons (Fsp3) is 0.474. The molecule has 1 saturated heterocycles. The predicted molar refractivity (Wildman–Crippen MR) is 99.9 cm³/mol. The van der Waals surface area contributed by atoms with Gasteiger partial charge in [-0.25, -0.2) is 0 Å². The molecular weight excluding hydrogens is 364 g/mol. The third-order valence-corrected chi connectivity index (χ3v) is 4.76. The third kappa shape index (κ3) is 4.14.